The maximum Gasteiger partial charge on any atom is 0.142 e. The summed E-state index contributed by atoms with van der Waals surface area (Å²) in [5.41, 5.74) is 6.36. The predicted octanol–water partition coefficient (Wildman–Crippen LogP) is 2.87. The van der Waals surface area contributed by atoms with Crippen LogP contribution in [0.15, 0.2) is 18.2 Å². The topological polar surface area (TPSA) is 44.5 Å². The number of benzene rings is 1. The Hall–Kier alpha value is -0.930. The van der Waals surface area contributed by atoms with Crippen LogP contribution in [0.25, 0.3) is 0 Å². The first-order valence-electron chi connectivity index (χ1n) is 5.55. The van der Waals surface area contributed by atoms with Gasteiger partial charge in [-0.15, -0.1) is 0 Å². The Morgan fingerprint density at radius 1 is 1.44 bits per heavy atom. The van der Waals surface area contributed by atoms with Gasteiger partial charge in [-0.2, -0.15) is 0 Å². The molecule has 0 aliphatic carbocycles. The van der Waals surface area contributed by atoms with E-state index in [-0.39, 0.29) is 6.10 Å². The molecule has 0 unspecified atom stereocenters. The third-order valence-corrected chi connectivity index (χ3v) is 2.91. The third kappa shape index (κ3) is 3.03. The number of hydrogen-bond acceptors (Lipinski definition) is 3. The Morgan fingerprint density at radius 2 is 2.31 bits per heavy atom. The number of nitrogen functional groups attached to an aromatic ring is 1. The van der Waals surface area contributed by atoms with Crippen LogP contribution >= 0.6 is 11.6 Å². The fraction of sp³-hybridized carbons (Fsp3) is 0.500. The van der Waals surface area contributed by atoms with Crippen molar-refractivity contribution in [3.8, 4) is 5.75 Å². The van der Waals surface area contributed by atoms with Crippen molar-refractivity contribution in [1.29, 1.82) is 0 Å². The summed E-state index contributed by atoms with van der Waals surface area (Å²) in [5.74, 6) is 0.679. The molecule has 1 aliphatic rings. The molecule has 1 atom stereocenters. The summed E-state index contributed by atoms with van der Waals surface area (Å²) in [6.45, 7) is 1.40. The zero-order valence-electron chi connectivity index (χ0n) is 9.12. The number of rotatable bonds is 3. The molecule has 1 aromatic rings. The number of nitrogens with two attached hydrogens (primary N) is 1. The molecular formula is C12H16ClNO2. The van der Waals surface area contributed by atoms with Crippen LogP contribution in [0.1, 0.15) is 19.3 Å². The van der Waals surface area contributed by atoms with Gasteiger partial charge in [-0.05, 0) is 37.5 Å². The van der Waals surface area contributed by atoms with E-state index in [0.717, 1.165) is 19.4 Å². The van der Waals surface area contributed by atoms with Crippen molar-refractivity contribution in [2.75, 3.05) is 18.9 Å². The Labute approximate surface area is 100 Å². The molecule has 0 radical (unpaired) electrons. The first kappa shape index (κ1) is 11.6. The lowest BCUT2D eigenvalue weighted by Gasteiger charge is -2.22. The van der Waals surface area contributed by atoms with Crippen LogP contribution in [0, 0.1) is 0 Å². The lowest BCUT2D eigenvalue weighted by Crippen LogP contribution is -2.25. The molecule has 1 fully saturated rings. The smallest absolute Gasteiger partial charge is 0.142 e. The van der Waals surface area contributed by atoms with Crippen LogP contribution in [-0.2, 0) is 4.74 Å². The quantitative estimate of drug-likeness (QED) is 0.828. The SMILES string of the molecule is Nc1cc(Cl)ccc1OC[C@H]1CCCCO1. The molecule has 3 nitrogen and oxygen atoms in total. The lowest BCUT2D eigenvalue weighted by molar-refractivity contribution is -0.0109. The summed E-state index contributed by atoms with van der Waals surface area (Å²) >= 11 is 5.81. The standard InChI is InChI=1S/C12H16ClNO2/c13-9-4-5-12(11(14)7-9)16-8-10-3-1-2-6-15-10/h4-5,7,10H,1-3,6,8,14H2/t10-/m1/s1. The van der Waals surface area contributed by atoms with Crippen LogP contribution in [0.3, 0.4) is 0 Å². The highest BCUT2D eigenvalue weighted by atomic mass is 35.5. The molecule has 1 saturated heterocycles. The maximum atomic E-state index is 5.81. The van der Waals surface area contributed by atoms with Crippen LogP contribution in [0.4, 0.5) is 5.69 Å². The van der Waals surface area contributed by atoms with E-state index in [2.05, 4.69) is 0 Å². The summed E-state index contributed by atoms with van der Waals surface area (Å²) < 4.78 is 11.2. The van der Waals surface area contributed by atoms with E-state index in [1.807, 2.05) is 0 Å². The number of ether oxygens (including phenoxy) is 2. The van der Waals surface area contributed by atoms with Gasteiger partial charge in [0.1, 0.15) is 12.4 Å². The molecule has 1 heterocycles. The van der Waals surface area contributed by atoms with E-state index < -0.39 is 0 Å². The van der Waals surface area contributed by atoms with Crippen LogP contribution in [0.5, 0.6) is 5.75 Å². The van der Waals surface area contributed by atoms with E-state index in [1.165, 1.54) is 6.42 Å². The molecule has 88 valence electrons. The average molecular weight is 242 g/mol. The minimum absolute atomic E-state index is 0.198. The fourth-order valence-corrected chi connectivity index (χ4v) is 1.95. The fourth-order valence-electron chi connectivity index (χ4n) is 1.77. The van der Waals surface area contributed by atoms with Crippen molar-refractivity contribution in [1.82, 2.24) is 0 Å². The second-order valence-electron chi connectivity index (χ2n) is 3.98. The molecule has 1 aromatic carbocycles. The van der Waals surface area contributed by atoms with Gasteiger partial charge in [0.2, 0.25) is 0 Å². The van der Waals surface area contributed by atoms with Gasteiger partial charge in [0.05, 0.1) is 11.8 Å². The highest BCUT2D eigenvalue weighted by molar-refractivity contribution is 6.30. The number of anilines is 1. The van der Waals surface area contributed by atoms with Crippen molar-refractivity contribution >= 4 is 17.3 Å². The summed E-state index contributed by atoms with van der Waals surface area (Å²) in [6.07, 6.45) is 3.63. The molecular weight excluding hydrogens is 226 g/mol. The van der Waals surface area contributed by atoms with Crippen molar-refractivity contribution in [3.05, 3.63) is 23.2 Å². The normalized spacial score (nSPS) is 20.7. The predicted molar refractivity (Wildman–Crippen MR) is 65.0 cm³/mol. The zero-order valence-corrected chi connectivity index (χ0v) is 9.87. The minimum atomic E-state index is 0.198. The zero-order chi connectivity index (χ0) is 11.4. The Kier molecular flexibility index (Phi) is 3.91. The number of hydrogen-bond donors (Lipinski definition) is 1. The monoisotopic (exact) mass is 241 g/mol. The van der Waals surface area contributed by atoms with Crippen LogP contribution in [0.2, 0.25) is 5.02 Å². The van der Waals surface area contributed by atoms with Crippen molar-refractivity contribution < 1.29 is 9.47 Å². The second-order valence-corrected chi connectivity index (χ2v) is 4.42. The summed E-state index contributed by atoms with van der Waals surface area (Å²) in [5, 5.41) is 0.624. The van der Waals surface area contributed by atoms with Gasteiger partial charge >= 0.3 is 0 Å². The van der Waals surface area contributed by atoms with E-state index in [4.69, 9.17) is 26.8 Å². The van der Waals surface area contributed by atoms with Crippen molar-refractivity contribution in [2.45, 2.75) is 25.4 Å². The third-order valence-electron chi connectivity index (χ3n) is 2.67. The van der Waals surface area contributed by atoms with Gasteiger partial charge in [-0.1, -0.05) is 11.6 Å². The average Bonchev–Trinajstić information content (AvgIpc) is 2.29. The van der Waals surface area contributed by atoms with Crippen molar-refractivity contribution in [3.63, 3.8) is 0 Å². The highest BCUT2D eigenvalue weighted by Crippen LogP contribution is 2.25. The Balaban J connectivity index is 1.88. The summed E-state index contributed by atoms with van der Waals surface area (Å²) in [7, 11) is 0. The van der Waals surface area contributed by atoms with E-state index in [9.17, 15) is 0 Å². The first-order valence-corrected chi connectivity index (χ1v) is 5.93. The second kappa shape index (κ2) is 5.41. The molecule has 4 heteroatoms. The molecule has 1 aliphatic heterocycles. The van der Waals surface area contributed by atoms with E-state index in [1.54, 1.807) is 18.2 Å². The molecule has 2 N–H and O–H groups in total. The molecule has 0 saturated carbocycles. The molecule has 2 rings (SSSR count). The van der Waals surface area contributed by atoms with Gasteiger partial charge in [0.15, 0.2) is 0 Å². The summed E-state index contributed by atoms with van der Waals surface area (Å²) in [4.78, 5) is 0. The van der Waals surface area contributed by atoms with E-state index in [0.29, 0.717) is 23.1 Å². The Bertz CT molecular complexity index is 351. The van der Waals surface area contributed by atoms with Gasteiger partial charge in [-0.25, -0.2) is 0 Å². The molecule has 0 aromatic heterocycles. The van der Waals surface area contributed by atoms with Crippen LogP contribution in [-0.4, -0.2) is 19.3 Å². The van der Waals surface area contributed by atoms with Gasteiger partial charge in [0, 0.05) is 11.6 Å². The van der Waals surface area contributed by atoms with E-state index >= 15 is 0 Å². The van der Waals surface area contributed by atoms with Crippen LogP contribution < -0.4 is 10.5 Å². The molecule has 0 bridgehead atoms. The van der Waals surface area contributed by atoms with Gasteiger partial charge in [-0.3, -0.25) is 0 Å². The first-order chi connectivity index (χ1) is 7.75. The largest absolute Gasteiger partial charge is 0.489 e. The lowest BCUT2D eigenvalue weighted by atomic mass is 10.1. The van der Waals surface area contributed by atoms with Crippen molar-refractivity contribution in [2.24, 2.45) is 0 Å². The molecule has 0 spiro atoms. The minimum Gasteiger partial charge on any atom is -0.489 e. The molecule has 16 heavy (non-hydrogen) atoms. The molecule has 0 amide bonds. The van der Waals surface area contributed by atoms with Gasteiger partial charge < -0.3 is 15.2 Å². The summed E-state index contributed by atoms with van der Waals surface area (Å²) in [6, 6.07) is 5.26. The van der Waals surface area contributed by atoms with Gasteiger partial charge in [0.25, 0.3) is 0 Å². The number of halogens is 1. The Morgan fingerprint density at radius 3 is 3.00 bits per heavy atom. The highest BCUT2D eigenvalue weighted by Gasteiger charge is 2.14. The maximum absolute atomic E-state index is 5.81.